The number of aliphatic carboxylic acids is 1. The van der Waals surface area contributed by atoms with Gasteiger partial charge in [0.15, 0.2) is 11.5 Å². The Morgan fingerprint density at radius 2 is 1.98 bits per heavy atom. The number of aromatic hydroxyl groups is 2. The Morgan fingerprint density at radius 1 is 1.25 bits per heavy atom. The number of hydrogen-bond acceptors (Lipinski definition) is 8. The highest BCUT2D eigenvalue weighted by atomic mass is 16.5. The number of para-hydroxylation sites is 1. The molecule has 214 valence electrons. The Labute approximate surface area is 230 Å². The first kappa shape index (κ1) is 28.7. The number of fused-ring (bicyclic) bond motifs is 2. The maximum absolute atomic E-state index is 13.8. The van der Waals surface area contributed by atoms with Gasteiger partial charge in [-0.3, -0.25) is 9.59 Å². The van der Waals surface area contributed by atoms with Gasteiger partial charge in [-0.1, -0.05) is 25.1 Å². The zero-order valence-electron chi connectivity index (χ0n) is 22.3. The van der Waals surface area contributed by atoms with Crippen LogP contribution in [0, 0.1) is 5.92 Å². The number of aliphatic hydroxyl groups excluding tert-OH is 1. The van der Waals surface area contributed by atoms with Crippen LogP contribution in [0.2, 0.25) is 0 Å². The number of ether oxygens (including phenoxy) is 1. The first-order valence-corrected chi connectivity index (χ1v) is 12.9. The summed E-state index contributed by atoms with van der Waals surface area (Å²) in [4.78, 5) is 43.5. The topological polar surface area (TPSA) is 198 Å². The van der Waals surface area contributed by atoms with E-state index in [4.69, 9.17) is 10.5 Å². The summed E-state index contributed by atoms with van der Waals surface area (Å²) in [5, 5.41) is 43.5. The second-order valence-electron chi connectivity index (χ2n) is 10.2. The van der Waals surface area contributed by atoms with E-state index in [1.165, 1.54) is 18.1 Å². The fourth-order valence-corrected chi connectivity index (χ4v) is 5.16. The molecule has 0 saturated carbocycles. The van der Waals surface area contributed by atoms with E-state index in [2.05, 4.69) is 10.3 Å². The third-order valence-electron chi connectivity index (χ3n) is 7.34. The number of hydrogen-bond donors (Lipinski definition) is 7. The SMILES string of the molecule is COc1c(O)cc2c(c1O)CN(C(=O)[C@@H](N)Cc1c[nH]c3ccccc13)[C@H](C(=O)N[C@@H](CC(C)CO)C(=O)O)C2. The van der Waals surface area contributed by atoms with Gasteiger partial charge in [-0.05, 0) is 42.0 Å². The average Bonchev–Trinajstić information content (AvgIpc) is 3.34. The standard InChI is InChI=1S/C28H34N4O8/c1-14(13-33)7-21(28(38)39)31-26(36)22-9-15-10-23(34)25(40-2)24(35)18(15)12-32(22)27(37)19(29)8-16-11-30-20-6-4-3-5-17(16)20/h3-6,10-11,14,19,21-22,30,33-35H,7-9,12-13,29H2,1-2H3,(H,31,36)(H,38,39)/t14?,19-,21-,22-/m0/s1. The monoisotopic (exact) mass is 554 g/mol. The summed E-state index contributed by atoms with van der Waals surface area (Å²) in [5.41, 5.74) is 8.77. The van der Waals surface area contributed by atoms with Crippen molar-refractivity contribution in [3.8, 4) is 17.2 Å². The molecule has 1 aliphatic heterocycles. The van der Waals surface area contributed by atoms with E-state index in [0.29, 0.717) is 5.56 Å². The second-order valence-corrected chi connectivity index (χ2v) is 10.2. The minimum atomic E-state index is -1.30. The lowest BCUT2D eigenvalue weighted by Gasteiger charge is -2.38. The zero-order valence-corrected chi connectivity index (χ0v) is 22.3. The van der Waals surface area contributed by atoms with Gasteiger partial charge in [0.2, 0.25) is 17.6 Å². The molecule has 4 atom stereocenters. The van der Waals surface area contributed by atoms with Crippen LogP contribution in [0.1, 0.15) is 30.0 Å². The van der Waals surface area contributed by atoms with E-state index < -0.39 is 41.8 Å². The summed E-state index contributed by atoms with van der Waals surface area (Å²) in [6.45, 7) is 1.17. The van der Waals surface area contributed by atoms with Crippen LogP contribution >= 0.6 is 0 Å². The number of carbonyl (C=O) groups is 3. The van der Waals surface area contributed by atoms with Gasteiger partial charge in [-0.15, -0.1) is 0 Å². The molecule has 0 fully saturated rings. The summed E-state index contributed by atoms with van der Waals surface area (Å²) in [6.07, 6.45) is 1.80. The minimum Gasteiger partial charge on any atom is -0.504 e. The van der Waals surface area contributed by atoms with Crippen molar-refractivity contribution < 1.29 is 39.5 Å². The molecular formula is C28H34N4O8. The predicted molar refractivity (Wildman–Crippen MR) is 145 cm³/mol. The number of rotatable bonds is 10. The summed E-state index contributed by atoms with van der Waals surface area (Å²) < 4.78 is 5.10. The molecule has 0 bridgehead atoms. The largest absolute Gasteiger partial charge is 0.504 e. The van der Waals surface area contributed by atoms with Crippen molar-refractivity contribution in [3.05, 3.63) is 53.2 Å². The molecule has 4 rings (SSSR count). The van der Waals surface area contributed by atoms with E-state index >= 15 is 0 Å². The van der Waals surface area contributed by atoms with Crippen LogP contribution in [0.25, 0.3) is 10.9 Å². The van der Waals surface area contributed by atoms with E-state index in [0.717, 1.165) is 16.5 Å². The van der Waals surface area contributed by atoms with Crippen molar-refractivity contribution in [2.24, 2.45) is 11.7 Å². The summed E-state index contributed by atoms with van der Waals surface area (Å²) >= 11 is 0. The lowest BCUT2D eigenvalue weighted by atomic mass is 9.90. The van der Waals surface area contributed by atoms with E-state index in [1.54, 1.807) is 13.1 Å². The Kier molecular flexibility index (Phi) is 8.50. The van der Waals surface area contributed by atoms with Gasteiger partial charge >= 0.3 is 5.97 Å². The van der Waals surface area contributed by atoms with Gasteiger partial charge < -0.3 is 46.1 Å². The van der Waals surface area contributed by atoms with Gasteiger partial charge in [0.05, 0.1) is 19.7 Å². The van der Waals surface area contributed by atoms with Crippen molar-refractivity contribution >= 4 is 28.7 Å². The molecule has 2 amide bonds. The molecule has 40 heavy (non-hydrogen) atoms. The number of carboxylic acids is 1. The smallest absolute Gasteiger partial charge is 0.326 e. The number of phenolic OH excluding ortho intramolecular Hbond substituents is 2. The van der Waals surface area contributed by atoms with E-state index in [-0.39, 0.29) is 55.2 Å². The lowest BCUT2D eigenvalue weighted by Crippen LogP contribution is -2.58. The third kappa shape index (κ3) is 5.68. The van der Waals surface area contributed by atoms with Crippen LogP contribution in [-0.4, -0.2) is 79.9 Å². The van der Waals surface area contributed by atoms with Gasteiger partial charge in [-0.2, -0.15) is 0 Å². The molecule has 3 aromatic rings. The molecule has 0 spiro atoms. The molecule has 0 radical (unpaired) electrons. The normalized spacial score (nSPS) is 17.1. The van der Waals surface area contributed by atoms with Crippen LogP contribution in [0.5, 0.6) is 17.2 Å². The molecule has 12 heteroatoms. The summed E-state index contributed by atoms with van der Waals surface area (Å²) in [7, 11) is 1.28. The molecule has 1 unspecified atom stereocenters. The van der Waals surface area contributed by atoms with Crippen LogP contribution in [-0.2, 0) is 33.8 Å². The number of carbonyl (C=O) groups excluding carboxylic acids is 2. The Balaban J connectivity index is 1.66. The number of carboxylic acid groups (broad SMARTS) is 1. The zero-order chi connectivity index (χ0) is 29.1. The number of aromatic amines is 1. The maximum atomic E-state index is 13.8. The first-order valence-electron chi connectivity index (χ1n) is 12.9. The molecule has 0 saturated heterocycles. The second kappa shape index (κ2) is 11.8. The fourth-order valence-electron chi connectivity index (χ4n) is 5.16. The van der Waals surface area contributed by atoms with Gasteiger partial charge in [-0.25, -0.2) is 4.79 Å². The minimum absolute atomic E-state index is 0.0202. The summed E-state index contributed by atoms with van der Waals surface area (Å²) in [6, 6.07) is 5.38. The Bertz CT molecular complexity index is 1420. The van der Waals surface area contributed by atoms with Crippen molar-refractivity contribution in [1.29, 1.82) is 0 Å². The molecule has 2 heterocycles. The number of aromatic nitrogens is 1. The van der Waals surface area contributed by atoms with Crippen LogP contribution < -0.4 is 15.8 Å². The number of nitrogens with two attached hydrogens (primary N) is 1. The number of benzene rings is 2. The molecule has 12 nitrogen and oxygen atoms in total. The molecule has 0 aliphatic carbocycles. The first-order chi connectivity index (χ1) is 19.0. The van der Waals surface area contributed by atoms with Gasteiger partial charge in [0.25, 0.3) is 0 Å². The predicted octanol–water partition coefficient (Wildman–Crippen LogP) is 0.999. The average molecular weight is 555 g/mol. The highest BCUT2D eigenvalue weighted by Gasteiger charge is 2.40. The molecule has 8 N–H and O–H groups in total. The number of aliphatic hydroxyl groups is 1. The number of H-pyrrole nitrogens is 1. The quantitative estimate of drug-likeness (QED) is 0.191. The molecule has 2 aromatic carbocycles. The van der Waals surface area contributed by atoms with Crippen molar-refractivity contribution in [3.63, 3.8) is 0 Å². The van der Waals surface area contributed by atoms with Gasteiger partial charge in [0.1, 0.15) is 12.1 Å². The highest BCUT2D eigenvalue weighted by molar-refractivity contribution is 5.93. The molecule has 1 aliphatic rings. The number of amides is 2. The molecular weight excluding hydrogens is 520 g/mol. The van der Waals surface area contributed by atoms with Crippen molar-refractivity contribution in [1.82, 2.24) is 15.2 Å². The molecule has 1 aromatic heterocycles. The van der Waals surface area contributed by atoms with Crippen molar-refractivity contribution in [2.75, 3.05) is 13.7 Å². The fraction of sp³-hybridized carbons (Fsp3) is 0.393. The third-order valence-corrected chi connectivity index (χ3v) is 7.34. The van der Waals surface area contributed by atoms with E-state index in [9.17, 15) is 34.8 Å². The van der Waals surface area contributed by atoms with Crippen LogP contribution in [0.4, 0.5) is 0 Å². The lowest BCUT2D eigenvalue weighted by molar-refractivity contribution is -0.146. The Hall–Kier alpha value is -4.29. The van der Waals surface area contributed by atoms with Crippen molar-refractivity contribution in [2.45, 2.75) is 50.9 Å². The van der Waals surface area contributed by atoms with Gasteiger partial charge in [0, 0.05) is 35.7 Å². The number of phenols is 2. The van der Waals surface area contributed by atoms with E-state index in [1.807, 2.05) is 24.3 Å². The number of nitrogens with zero attached hydrogens (tertiary/aromatic N) is 1. The highest BCUT2D eigenvalue weighted by Crippen LogP contribution is 2.43. The summed E-state index contributed by atoms with van der Waals surface area (Å²) in [5.74, 6) is -3.84. The maximum Gasteiger partial charge on any atom is 0.326 e. The Morgan fingerprint density at radius 3 is 2.65 bits per heavy atom. The van der Waals surface area contributed by atoms with Crippen LogP contribution in [0.3, 0.4) is 0 Å². The number of nitrogens with one attached hydrogen (secondary N) is 2. The number of methoxy groups -OCH3 is 1. The van der Waals surface area contributed by atoms with Crippen LogP contribution in [0.15, 0.2) is 36.5 Å².